The summed E-state index contributed by atoms with van der Waals surface area (Å²) >= 11 is 3.35. The molecule has 6 nitrogen and oxygen atoms in total. The Labute approximate surface area is 146 Å². The maximum atomic E-state index is 10.9. The van der Waals surface area contributed by atoms with Gasteiger partial charge in [-0.15, -0.1) is 0 Å². The highest BCUT2D eigenvalue weighted by Crippen LogP contribution is 2.28. The highest BCUT2D eigenvalue weighted by molar-refractivity contribution is 9.10. The van der Waals surface area contributed by atoms with Crippen molar-refractivity contribution < 1.29 is 9.66 Å². The van der Waals surface area contributed by atoms with Crippen molar-refractivity contribution in [1.29, 1.82) is 0 Å². The lowest BCUT2D eigenvalue weighted by atomic mass is 10.1. The average molecular weight is 388 g/mol. The van der Waals surface area contributed by atoms with Crippen LogP contribution in [-0.2, 0) is 6.54 Å². The van der Waals surface area contributed by atoms with Gasteiger partial charge in [0, 0.05) is 24.1 Å². The summed E-state index contributed by atoms with van der Waals surface area (Å²) in [5.41, 5.74) is 1.13. The number of pyridine rings is 1. The average Bonchev–Trinajstić information content (AvgIpc) is 2.59. The predicted octanol–water partition coefficient (Wildman–Crippen LogP) is 4.53. The van der Waals surface area contributed by atoms with Crippen molar-refractivity contribution in [3.8, 4) is 5.75 Å². The lowest BCUT2D eigenvalue weighted by Crippen LogP contribution is -2.02. The molecule has 0 spiro atoms. The minimum absolute atomic E-state index is 0.0571. The lowest BCUT2D eigenvalue weighted by molar-refractivity contribution is -0.384. The molecular weight excluding hydrogens is 374 g/mol. The molecule has 0 radical (unpaired) electrons. The highest BCUT2D eigenvalue weighted by Gasteiger charge is 2.10. The molecule has 0 fully saturated rings. The molecule has 1 heterocycles. The number of ether oxygens (including phenoxy) is 1. The zero-order valence-electron chi connectivity index (χ0n) is 12.8. The van der Waals surface area contributed by atoms with Crippen LogP contribution in [0.15, 0.2) is 53.1 Å². The van der Waals surface area contributed by atoms with Crippen LogP contribution in [0.25, 0.3) is 10.8 Å². The number of hydrogen-bond acceptors (Lipinski definition) is 5. The molecule has 0 amide bonds. The van der Waals surface area contributed by atoms with Crippen molar-refractivity contribution in [2.24, 2.45) is 0 Å². The third-order valence-corrected chi connectivity index (χ3v) is 4.02. The summed E-state index contributed by atoms with van der Waals surface area (Å²) in [6.45, 7) is 0.583. The third-order valence-electron chi connectivity index (χ3n) is 3.61. The van der Waals surface area contributed by atoms with E-state index in [0.717, 1.165) is 22.1 Å². The van der Waals surface area contributed by atoms with Crippen LogP contribution in [0.2, 0.25) is 0 Å². The monoisotopic (exact) mass is 387 g/mol. The van der Waals surface area contributed by atoms with Crippen molar-refractivity contribution >= 4 is 38.2 Å². The van der Waals surface area contributed by atoms with Crippen LogP contribution >= 0.6 is 15.9 Å². The summed E-state index contributed by atoms with van der Waals surface area (Å²) in [4.78, 5) is 15.0. The van der Waals surface area contributed by atoms with E-state index in [1.807, 2.05) is 24.3 Å². The smallest absolute Gasteiger partial charge is 0.270 e. The molecule has 0 unspecified atom stereocenters. The molecular formula is C17H14BrN3O3. The zero-order valence-corrected chi connectivity index (χ0v) is 14.4. The molecule has 7 heteroatoms. The van der Waals surface area contributed by atoms with Gasteiger partial charge in [-0.3, -0.25) is 10.1 Å². The second-order valence-corrected chi connectivity index (χ2v) is 5.97. The number of rotatable bonds is 5. The van der Waals surface area contributed by atoms with Crippen LogP contribution in [0.3, 0.4) is 0 Å². The van der Waals surface area contributed by atoms with Crippen molar-refractivity contribution in [1.82, 2.24) is 4.98 Å². The SMILES string of the molecule is COc1ccc(CNc2nc(Br)cc3cc([N+](=O)[O-])ccc23)cc1. The molecule has 3 aromatic rings. The van der Waals surface area contributed by atoms with E-state index in [2.05, 4.69) is 26.2 Å². The maximum absolute atomic E-state index is 10.9. The molecule has 3 rings (SSSR count). The number of nitro groups is 1. The van der Waals surface area contributed by atoms with Gasteiger partial charge in [0.15, 0.2) is 0 Å². The predicted molar refractivity (Wildman–Crippen MR) is 96.4 cm³/mol. The third kappa shape index (κ3) is 3.46. The summed E-state index contributed by atoms with van der Waals surface area (Å²) in [7, 11) is 1.63. The Kier molecular flexibility index (Phi) is 4.61. The molecule has 24 heavy (non-hydrogen) atoms. The number of methoxy groups -OCH3 is 1. The number of aromatic nitrogens is 1. The number of anilines is 1. The van der Waals surface area contributed by atoms with E-state index in [1.54, 1.807) is 25.3 Å². The van der Waals surface area contributed by atoms with Gasteiger partial charge in [0.1, 0.15) is 16.2 Å². The first-order valence-corrected chi connectivity index (χ1v) is 7.97. The van der Waals surface area contributed by atoms with Gasteiger partial charge in [0.05, 0.1) is 12.0 Å². The summed E-state index contributed by atoms with van der Waals surface area (Å²) in [6.07, 6.45) is 0. The molecule has 1 N–H and O–H groups in total. The number of hydrogen-bond donors (Lipinski definition) is 1. The molecule has 0 aliphatic heterocycles. The minimum Gasteiger partial charge on any atom is -0.497 e. The molecule has 0 aliphatic rings. The Bertz CT molecular complexity index is 897. The van der Waals surface area contributed by atoms with Gasteiger partial charge in [-0.05, 0) is 51.1 Å². The zero-order chi connectivity index (χ0) is 17.1. The quantitative estimate of drug-likeness (QED) is 0.395. The molecule has 0 atom stereocenters. The van der Waals surface area contributed by atoms with Crippen LogP contribution in [0.4, 0.5) is 11.5 Å². The van der Waals surface area contributed by atoms with Gasteiger partial charge in [-0.2, -0.15) is 0 Å². The molecule has 0 aliphatic carbocycles. The van der Waals surface area contributed by atoms with E-state index >= 15 is 0 Å². The number of fused-ring (bicyclic) bond motifs is 1. The van der Waals surface area contributed by atoms with Crippen LogP contribution in [0, 0.1) is 10.1 Å². The van der Waals surface area contributed by atoms with Gasteiger partial charge in [-0.1, -0.05) is 12.1 Å². The normalized spacial score (nSPS) is 10.6. The Balaban J connectivity index is 1.89. The van der Waals surface area contributed by atoms with E-state index in [-0.39, 0.29) is 5.69 Å². The Morgan fingerprint density at radius 3 is 2.62 bits per heavy atom. The molecule has 2 aromatic carbocycles. The first-order chi connectivity index (χ1) is 11.6. The van der Waals surface area contributed by atoms with Gasteiger partial charge in [0.25, 0.3) is 5.69 Å². The molecule has 122 valence electrons. The van der Waals surface area contributed by atoms with Crippen molar-refractivity contribution in [2.45, 2.75) is 6.54 Å². The summed E-state index contributed by atoms with van der Waals surface area (Å²) < 4.78 is 5.76. The number of non-ortho nitro benzene ring substituents is 1. The standard InChI is InChI=1S/C17H14BrN3O3/c1-24-14-5-2-11(3-6-14)10-19-17-15-7-4-13(21(22)23)8-12(15)9-16(18)20-17/h2-9H,10H2,1H3,(H,19,20). The topological polar surface area (TPSA) is 77.3 Å². The van der Waals surface area contributed by atoms with E-state index in [9.17, 15) is 10.1 Å². The number of nitrogens with zero attached hydrogens (tertiary/aromatic N) is 2. The maximum Gasteiger partial charge on any atom is 0.270 e. The van der Waals surface area contributed by atoms with Crippen molar-refractivity contribution in [2.75, 3.05) is 12.4 Å². The first-order valence-electron chi connectivity index (χ1n) is 7.18. The summed E-state index contributed by atoms with van der Waals surface area (Å²) in [5.74, 6) is 1.47. The number of nitro benzene ring substituents is 1. The lowest BCUT2D eigenvalue weighted by Gasteiger charge is -2.10. The Hall–Kier alpha value is -2.67. The van der Waals surface area contributed by atoms with Crippen LogP contribution in [0.1, 0.15) is 5.56 Å². The first kappa shape index (κ1) is 16.2. The highest BCUT2D eigenvalue weighted by atomic mass is 79.9. The molecule has 0 saturated heterocycles. The van der Waals surface area contributed by atoms with Crippen molar-refractivity contribution in [3.63, 3.8) is 0 Å². The second kappa shape index (κ2) is 6.84. The van der Waals surface area contributed by atoms with E-state index in [0.29, 0.717) is 17.0 Å². The summed E-state index contributed by atoms with van der Waals surface area (Å²) in [6, 6.07) is 14.2. The Morgan fingerprint density at radius 1 is 1.21 bits per heavy atom. The van der Waals surface area contributed by atoms with Crippen LogP contribution in [0.5, 0.6) is 5.75 Å². The van der Waals surface area contributed by atoms with E-state index < -0.39 is 4.92 Å². The molecule has 0 bridgehead atoms. The van der Waals surface area contributed by atoms with Gasteiger partial charge in [-0.25, -0.2) is 4.98 Å². The fourth-order valence-electron chi connectivity index (χ4n) is 2.39. The van der Waals surface area contributed by atoms with E-state index in [4.69, 9.17) is 4.74 Å². The number of halogens is 1. The molecule has 1 aromatic heterocycles. The van der Waals surface area contributed by atoms with Crippen molar-refractivity contribution in [3.05, 3.63) is 68.8 Å². The largest absolute Gasteiger partial charge is 0.497 e. The molecule has 0 saturated carbocycles. The van der Waals surface area contributed by atoms with Gasteiger partial charge < -0.3 is 10.1 Å². The Morgan fingerprint density at radius 2 is 1.96 bits per heavy atom. The fraction of sp³-hybridized carbons (Fsp3) is 0.118. The number of nitrogens with one attached hydrogen (secondary N) is 1. The summed E-state index contributed by atoms with van der Waals surface area (Å²) in [5, 5.41) is 15.8. The second-order valence-electron chi connectivity index (χ2n) is 5.16. The van der Waals surface area contributed by atoms with Gasteiger partial charge in [0.2, 0.25) is 0 Å². The van der Waals surface area contributed by atoms with E-state index in [1.165, 1.54) is 6.07 Å². The fourth-order valence-corrected chi connectivity index (χ4v) is 2.81. The minimum atomic E-state index is -0.405. The van der Waals surface area contributed by atoms with Crippen LogP contribution < -0.4 is 10.1 Å². The van der Waals surface area contributed by atoms with Gasteiger partial charge >= 0.3 is 0 Å². The van der Waals surface area contributed by atoms with Crippen LogP contribution in [-0.4, -0.2) is 17.0 Å². The number of benzene rings is 2.